The van der Waals surface area contributed by atoms with Crippen LogP contribution >= 0.6 is 0 Å². The lowest BCUT2D eigenvalue weighted by atomic mass is 9.94. The number of Topliss-reactive ketones (excluding diaryl/α,β-unsaturated/α-hetero) is 1. The molecule has 38 heavy (non-hydrogen) atoms. The quantitative estimate of drug-likeness (QED) is 0.263. The summed E-state index contributed by atoms with van der Waals surface area (Å²) in [5.41, 5.74) is 2.21. The Kier molecular flexibility index (Phi) is 8.62. The fourth-order valence-electron chi connectivity index (χ4n) is 5.32. The Morgan fingerprint density at radius 2 is 1.87 bits per heavy atom. The Morgan fingerprint density at radius 3 is 2.55 bits per heavy atom. The maximum Gasteiger partial charge on any atom is 0.295 e. The van der Waals surface area contributed by atoms with E-state index in [2.05, 4.69) is 18.7 Å². The summed E-state index contributed by atoms with van der Waals surface area (Å²) in [5, 5.41) is 11.5. The van der Waals surface area contributed by atoms with Crippen LogP contribution in [0.5, 0.6) is 17.2 Å². The number of benzene rings is 2. The number of rotatable bonds is 11. The van der Waals surface area contributed by atoms with E-state index in [4.69, 9.17) is 14.2 Å². The number of aliphatic hydroxyl groups is 1. The van der Waals surface area contributed by atoms with Crippen molar-refractivity contribution >= 4 is 17.4 Å². The van der Waals surface area contributed by atoms with Gasteiger partial charge in [-0.15, -0.1) is 0 Å². The lowest BCUT2D eigenvalue weighted by Crippen LogP contribution is -2.33. The number of methoxy groups -OCH3 is 1. The Labute approximate surface area is 224 Å². The first kappa shape index (κ1) is 27.5. The molecular formula is C30H38N2O6. The molecule has 0 aliphatic carbocycles. The third-order valence-electron chi connectivity index (χ3n) is 7.28. The summed E-state index contributed by atoms with van der Waals surface area (Å²) in [6, 6.07) is 10.0. The molecular weight excluding hydrogens is 484 g/mol. The van der Waals surface area contributed by atoms with E-state index in [0.29, 0.717) is 42.2 Å². The van der Waals surface area contributed by atoms with E-state index >= 15 is 0 Å². The molecule has 0 radical (unpaired) electrons. The Balaban J connectivity index is 1.78. The molecule has 1 fully saturated rings. The largest absolute Gasteiger partial charge is 0.507 e. The van der Waals surface area contributed by atoms with Crippen LogP contribution in [0.15, 0.2) is 42.0 Å². The van der Waals surface area contributed by atoms with E-state index in [1.807, 2.05) is 32.0 Å². The van der Waals surface area contributed by atoms with Crippen molar-refractivity contribution in [3.8, 4) is 17.2 Å². The fraction of sp³-hybridized carbons (Fsp3) is 0.467. The molecule has 0 bridgehead atoms. The van der Waals surface area contributed by atoms with Gasteiger partial charge in [0.05, 0.1) is 25.3 Å². The second-order valence-corrected chi connectivity index (χ2v) is 9.67. The molecule has 0 spiro atoms. The number of amides is 1. The summed E-state index contributed by atoms with van der Waals surface area (Å²) < 4.78 is 17.0. The minimum Gasteiger partial charge on any atom is -0.507 e. The van der Waals surface area contributed by atoms with Crippen LogP contribution in [0.3, 0.4) is 0 Å². The van der Waals surface area contributed by atoms with Gasteiger partial charge in [0.1, 0.15) is 17.6 Å². The number of nitrogens with zero attached hydrogens (tertiary/aromatic N) is 2. The highest BCUT2D eigenvalue weighted by Gasteiger charge is 2.46. The molecule has 204 valence electrons. The molecule has 1 N–H and O–H groups in total. The standard InChI is InChI=1S/C30H38N2O6/c1-6-31(7-2)14-9-15-32-27(20-10-13-24(37-8-3)25(18-20)36-5)26(29(34)30(32)35)28(33)21-11-12-23-22(17-21)16-19(4)38-23/h10-13,17-19,27,33H,6-9,14-16H2,1-5H3/t19-,27+/m1/s1. The molecule has 8 heteroatoms. The van der Waals surface area contributed by atoms with Crippen molar-refractivity contribution in [2.75, 3.05) is 39.9 Å². The molecule has 0 aromatic heterocycles. The molecule has 2 heterocycles. The molecule has 4 rings (SSSR count). The molecule has 2 aliphatic rings. The van der Waals surface area contributed by atoms with Crippen LogP contribution in [0, 0.1) is 0 Å². The van der Waals surface area contributed by atoms with E-state index < -0.39 is 17.7 Å². The third kappa shape index (κ3) is 5.36. The summed E-state index contributed by atoms with van der Waals surface area (Å²) in [6.45, 7) is 11.6. The maximum atomic E-state index is 13.4. The average molecular weight is 523 g/mol. The van der Waals surface area contributed by atoms with Gasteiger partial charge in [0.25, 0.3) is 11.7 Å². The van der Waals surface area contributed by atoms with Crippen LogP contribution in [0.2, 0.25) is 0 Å². The van der Waals surface area contributed by atoms with Gasteiger partial charge in [-0.25, -0.2) is 0 Å². The van der Waals surface area contributed by atoms with E-state index in [1.165, 1.54) is 0 Å². The van der Waals surface area contributed by atoms with Crippen LogP contribution in [0.4, 0.5) is 0 Å². The second kappa shape index (κ2) is 11.9. The zero-order chi connectivity index (χ0) is 27.4. The van der Waals surface area contributed by atoms with Crippen molar-refractivity contribution in [3.63, 3.8) is 0 Å². The number of hydrogen-bond acceptors (Lipinski definition) is 7. The SMILES string of the molecule is CCOc1ccc([C@H]2C(=C(O)c3ccc4c(c3)C[C@@H](C)O4)C(=O)C(=O)N2CCCN(CC)CC)cc1OC. The van der Waals surface area contributed by atoms with Gasteiger partial charge in [0.15, 0.2) is 11.5 Å². The van der Waals surface area contributed by atoms with Gasteiger partial charge in [-0.2, -0.15) is 0 Å². The Bertz CT molecular complexity index is 1220. The fourth-order valence-corrected chi connectivity index (χ4v) is 5.32. The van der Waals surface area contributed by atoms with Gasteiger partial charge in [0.2, 0.25) is 0 Å². The van der Waals surface area contributed by atoms with Crippen molar-refractivity contribution in [1.82, 2.24) is 9.80 Å². The predicted molar refractivity (Wildman–Crippen MR) is 146 cm³/mol. The maximum absolute atomic E-state index is 13.4. The highest BCUT2D eigenvalue weighted by Crippen LogP contribution is 2.42. The first-order valence-electron chi connectivity index (χ1n) is 13.4. The van der Waals surface area contributed by atoms with Crippen LogP contribution < -0.4 is 14.2 Å². The van der Waals surface area contributed by atoms with Gasteiger partial charge in [0, 0.05) is 18.5 Å². The average Bonchev–Trinajstić information content (AvgIpc) is 3.42. The molecule has 8 nitrogen and oxygen atoms in total. The highest BCUT2D eigenvalue weighted by atomic mass is 16.5. The monoisotopic (exact) mass is 522 g/mol. The Morgan fingerprint density at radius 1 is 1.11 bits per heavy atom. The lowest BCUT2D eigenvalue weighted by Gasteiger charge is -2.27. The smallest absolute Gasteiger partial charge is 0.295 e. The third-order valence-corrected chi connectivity index (χ3v) is 7.28. The van der Waals surface area contributed by atoms with E-state index in [1.54, 1.807) is 30.2 Å². The molecule has 0 unspecified atom stereocenters. The minimum atomic E-state index is -0.750. The highest BCUT2D eigenvalue weighted by molar-refractivity contribution is 6.46. The number of aliphatic hydroxyl groups excluding tert-OH is 1. The Hall–Kier alpha value is -3.52. The summed E-state index contributed by atoms with van der Waals surface area (Å²) in [7, 11) is 1.55. The van der Waals surface area contributed by atoms with Gasteiger partial charge in [-0.1, -0.05) is 19.9 Å². The van der Waals surface area contributed by atoms with Gasteiger partial charge in [-0.05, 0) is 81.4 Å². The van der Waals surface area contributed by atoms with Gasteiger partial charge < -0.3 is 29.1 Å². The van der Waals surface area contributed by atoms with Crippen molar-refractivity contribution in [2.24, 2.45) is 0 Å². The van der Waals surface area contributed by atoms with E-state index in [9.17, 15) is 14.7 Å². The summed E-state index contributed by atoms with van der Waals surface area (Å²) in [5.74, 6) is 0.371. The van der Waals surface area contributed by atoms with Crippen LogP contribution in [0.1, 0.15) is 56.8 Å². The topological polar surface area (TPSA) is 88.5 Å². The molecule has 2 aromatic rings. The predicted octanol–water partition coefficient (Wildman–Crippen LogP) is 4.57. The number of hydrogen-bond donors (Lipinski definition) is 1. The number of carbonyl (C=O) groups excluding carboxylic acids is 2. The lowest BCUT2D eigenvalue weighted by molar-refractivity contribution is -0.140. The van der Waals surface area contributed by atoms with E-state index in [-0.39, 0.29) is 17.4 Å². The molecule has 0 saturated carbocycles. The van der Waals surface area contributed by atoms with Crippen LogP contribution in [0.25, 0.3) is 5.76 Å². The van der Waals surface area contributed by atoms with Gasteiger partial charge in [-0.3, -0.25) is 9.59 Å². The van der Waals surface area contributed by atoms with Gasteiger partial charge >= 0.3 is 0 Å². The van der Waals surface area contributed by atoms with E-state index in [0.717, 1.165) is 37.4 Å². The molecule has 2 aliphatic heterocycles. The summed E-state index contributed by atoms with van der Waals surface area (Å²) in [4.78, 5) is 30.6. The number of fused-ring (bicyclic) bond motifs is 1. The summed E-state index contributed by atoms with van der Waals surface area (Å²) >= 11 is 0. The van der Waals surface area contributed by atoms with Crippen molar-refractivity contribution in [3.05, 3.63) is 58.7 Å². The second-order valence-electron chi connectivity index (χ2n) is 9.67. The molecule has 1 saturated heterocycles. The minimum absolute atomic E-state index is 0.0510. The molecule has 2 atom stereocenters. The molecule has 1 amide bonds. The first-order valence-corrected chi connectivity index (χ1v) is 13.4. The number of ketones is 1. The van der Waals surface area contributed by atoms with Crippen LogP contribution in [-0.2, 0) is 16.0 Å². The van der Waals surface area contributed by atoms with Crippen LogP contribution in [-0.4, -0.2) is 72.6 Å². The van der Waals surface area contributed by atoms with Crippen molar-refractivity contribution in [1.29, 1.82) is 0 Å². The zero-order valence-corrected chi connectivity index (χ0v) is 23.0. The number of carbonyl (C=O) groups is 2. The normalized spacial score (nSPS) is 20.1. The van der Waals surface area contributed by atoms with Crippen molar-refractivity contribution in [2.45, 2.75) is 52.7 Å². The number of ether oxygens (including phenoxy) is 3. The summed E-state index contributed by atoms with van der Waals surface area (Å²) in [6.07, 6.45) is 1.47. The zero-order valence-electron chi connectivity index (χ0n) is 23.0. The first-order chi connectivity index (χ1) is 18.3. The number of likely N-dealkylation sites (tertiary alicyclic amines) is 1. The molecule has 2 aromatic carbocycles. The van der Waals surface area contributed by atoms with Crippen molar-refractivity contribution < 1.29 is 28.9 Å².